The molecule has 1 aliphatic rings. The van der Waals surface area contributed by atoms with Crippen LogP contribution in [0.5, 0.6) is 0 Å². The summed E-state index contributed by atoms with van der Waals surface area (Å²) in [6.45, 7) is 12.7. The largest absolute Gasteiger partial charge is 0.338 e. The Kier molecular flexibility index (Phi) is 11.2. The van der Waals surface area contributed by atoms with Crippen molar-refractivity contribution in [2.45, 2.75) is 46.6 Å². The lowest BCUT2D eigenvalue weighted by Crippen LogP contribution is -2.49. The molecule has 1 aromatic carbocycles. The van der Waals surface area contributed by atoms with Crippen molar-refractivity contribution in [3.63, 3.8) is 0 Å². The number of nitrogens with zero attached hydrogens (tertiary/aromatic N) is 1. The van der Waals surface area contributed by atoms with E-state index in [1.165, 1.54) is 5.56 Å². The second-order valence-corrected chi connectivity index (χ2v) is 6.82. The lowest BCUT2D eigenvalue weighted by Gasteiger charge is -2.24. The smallest absolute Gasteiger partial charge is 0.318 e. The zero-order valence-corrected chi connectivity index (χ0v) is 18.2. The average molecular weight is 398 g/mol. The fourth-order valence-corrected chi connectivity index (χ4v) is 3.25. The van der Waals surface area contributed by atoms with Gasteiger partial charge in [0.25, 0.3) is 0 Å². The first kappa shape index (κ1) is 24.2. The van der Waals surface area contributed by atoms with Crippen molar-refractivity contribution in [3.8, 4) is 0 Å². The maximum Gasteiger partial charge on any atom is 0.318 e. The van der Waals surface area contributed by atoms with E-state index in [9.17, 15) is 9.59 Å². The van der Waals surface area contributed by atoms with Crippen LogP contribution in [0.4, 0.5) is 4.79 Å². The number of amides is 3. The molecule has 0 spiro atoms. The predicted octanol–water partition coefficient (Wildman–Crippen LogP) is 4.44. The zero-order valence-electron chi connectivity index (χ0n) is 18.2. The molecule has 1 heterocycles. The Bertz CT molecular complexity index is 710. The molecule has 1 aromatic rings. The summed E-state index contributed by atoms with van der Waals surface area (Å²) in [4.78, 5) is 27.0. The quantitative estimate of drug-likeness (QED) is 0.668. The van der Waals surface area contributed by atoms with Gasteiger partial charge in [0.05, 0.1) is 0 Å². The summed E-state index contributed by atoms with van der Waals surface area (Å²) in [5.41, 5.74) is 1.84. The van der Waals surface area contributed by atoms with Crippen molar-refractivity contribution in [2.75, 3.05) is 13.1 Å². The molecule has 2 atom stereocenters. The molecule has 0 aliphatic carbocycles. The molecule has 2 rings (SSSR count). The van der Waals surface area contributed by atoms with E-state index in [1.807, 2.05) is 63.3 Å². The van der Waals surface area contributed by atoms with E-state index in [4.69, 9.17) is 0 Å². The van der Waals surface area contributed by atoms with Crippen molar-refractivity contribution in [3.05, 3.63) is 72.5 Å². The van der Waals surface area contributed by atoms with Crippen LogP contribution in [0, 0.1) is 5.92 Å². The molecule has 0 radical (unpaired) electrons. The molecule has 2 unspecified atom stereocenters. The van der Waals surface area contributed by atoms with Crippen LogP contribution in [-0.4, -0.2) is 36.0 Å². The van der Waals surface area contributed by atoms with Crippen molar-refractivity contribution in [1.29, 1.82) is 0 Å². The first-order chi connectivity index (χ1) is 14.0. The number of nitrogens with one attached hydrogen (secondary N) is 2. The number of carbonyl (C=O) groups excluding carboxylic acids is 2. The Balaban J connectivity index is 0.00000204. The number of allylic oxidation sites excluding steroid dienone is 4. The SMILES string of the molecule is C=C/C=C(\C=C/C)NC(=O)C1CC(C)CN1C(=O)NCCc1ccccc1.CC. The maximum absolute atomic E-state index is 12.7. The van der Waals surface area contributed by atoms with Gasteiger partial charge in [-0.05, 0) is 43.4 Å². The summed E-state index contributed by atoms with van der Waals surface area (Å²) in [6.07, 6.45) is 8.44. The van der Waals surface area contributed by atoms with Gasteiger partial charge in [-0.2, -0.15) is 0 Å². The second kappa shape index (κ2) is 13.4. The maximum atomic E-state index is 12.7. The molecule has 3 amide bonds. The number of rotatable bonds is 7. The number of hydrogen-bond acceptors (Lipinski definition) is 2. The topological polar surface area (TPSA) is 61.4 Å². The molecule has 1 aliphatic heterocycles. The Hall–Kier alpha value is -2.82. The minimum absolute atomic E-state index is 0.163. The molecule has 5 heteroatoms. The Morgan fingerprint density at radius 1 is 1.24 bits per heavy atom. The van der Waals surface area contributed by atoms with Crippen LogP contribution < -0.4 is 10.6 Å². The molecule has 0 bridgehead atoms. The molecule has 0 saturated carbocycles. The average Bonchev–Trinajstić information content (AvgIpc) is 3.13. The van der Waals surface area contributed by atoms with Crippen molar-refractivity contribution in [2.24, 2.45) is 5.92 Å². The van der Waals surface area contributed by atoms with Gasteiger partial charge < -0.3 is 15.5 Å². The van der Waals surface area contributed by atoms with Gasteiger partial charge >= 0.3 is 6.03 Å². The third-order valence-corrected chi connectivity index (χ3v) is 4.52. The van der Waals surface area contributed by atoms with E-state index in [0.717, 1.165) is 6.42 Å². The van der Waals surface area contributed by atoms with Crippen LogP contribution in [0.25, 0.3) is 0 Å². The zero-order chi connectivity index (χ0) is 21.6. The van der Waals surface area contributed by atoms with Crippen LogP contribution in [0.2, 0.25) is 0 Å². The number of urea groups is 1. The van der Waals surface area contributed by atoms with E-state index in [1.54, 1.807) is 17.1 Å². The van der Waals surface area contributed by atoms with E-state index in [0.29, 0.717) is 25.2 Å². The van der Waals surface area contributed by atoms with Crippen LogP contribution in [-0.2, 0) is 11.2 Å². The van der Waals surface area contributed by atoms with Gasteiger partial charge in [-0.15, -0.1) is 0 Å². The summed E-state index contributed by atoms with van der Waals surface area (Å²) in [5.74, 6) is 0.123. The standard InChI is InChI=1S/C22H29N3O2.C2H6/c1-4-9-19(10-5-2)24-21(26)20-15-17(3)16-25(20)22(27)23-14-13-18-11-7-6-8-12-18;1-2/h4-12,17,20H,1,13-16H2,2-3H3,(H,23,27)(H,24,26);1-2H3/b10-5-,19-9+;. The molecule has 158 valence electrons. The van der Waals surface area contributed by atoms with Gasteiger partial charge in [-0.3, -0.25) is 4.79 Å². The highest BCUT2D eigenvalue weighted by atomic mass is 16.2. The molecular weight excluding hydrogens is 362 g/mol. The lowest BCUT2D eigenvalue weighted by molar-refractivity contribution is -0.123. The number of carbonyl (C=O) groups is 2. The fourth-order valence-electron chi connectivity index (χ4n) is 3.25. The van der Waals surface area contributed by atoms with Gasteiger partial charge in [0.1, 0.15) is 6.04 Å². The van der Waals surface area contributed by atoms with E-state index in [-0.39, 0.29) is 17.9 Å². The van der Waals surface area contributed by atoms with Gasteiger partial charge in [0.2, 0.25) is 5.91 Å². The van der Waals surface area contributed by atoms with Gasteiger partial charge in [0.15, 0.2) is 0 Å². The van der Waals surface area contributed by atoms with Crippen LogP contribution in [0.1, 0.15) is 39.7 Å². The fraction of sp³-hybridized carbons (Fsp3) is 0.417. The number of benzene rings is 1. The second-order valence-electron chi connectivity index (χ2n) is 6.82. The molecule has 0 aromatic heterocycles. The van der Waals surface area contributed by atoms with E-state index < -0.39 is 6.04 Å². The molecule has 5 nitrogen and oxygen atoms in total. The first-order valence-corrected chi connectivity index (χ1v) is 10.4. The lowest BCUT2D eigenvalue weighted by atomic mass is 10.1. The van der Waals surface area contributed by atoms with Crippen molar-refractivity contribution in [1.82, 2.24) is 15.5 Å². The summed E-state index contributed by atoms with van der Waals surface area (Å²) in [5, 5.41) is 5.83. The molecule has 1 fully saturated rings. The number of hydrogen-bond donors (Lipinski definition) is 2. The minimum atomic E-state index is -0.463. The summed E-state index contributed by atoms with van der Waals surface area (Å²) in [6, 6.07) is 9.37. The molecule has 29 heavy (non-hydrogen) atoms. The van der Waals surface area contributed by atoms with Crippen molar-refractivity contribution >= 4 is 11.9 Å². The van der Waals surface area contributed by atoms with Gasteiger partial charge in [-0.25, -0.2) is 4.79 Å². The first-order valence-electron chi connectivity index (χ1n) is 10.4. The van der Waals surface area contributed by atoms with E-state index in [2.05, 4.69) is 24.1 Å². The third kappa shape index (κ3) is 7.98. The summed E-state index contributed by atoms with van der Waals surface area (Å²) < 4.78 is 0. The molecule has 2 N–H and O–H groups in total. The van der Waals surface area contributed by atoms with Gasteiger partial charge in [-0.1, -0.05) is 69.8 Å². The monoisotopic (exact) mass is 397 g/mol. The van der Waals surface area contributed by atoms with Crippen LogP contribution >= 0.6 is 0 Å². The Morgan fingerprint density at radius 2 is 1.93 bits per heavy atom. The van der Waals surface area contributed by atoms with Crippen LogP contribution in [0.3, 0.4) is 0 Å². The number of likely N-dealkylation sites (tertiary alicyclic amines) is 1. The molecule has 1 saturated heterocycles. The third-order valence-electron chi connectivity index (χ3n) is 4.52. The summed E-state index contributed by atoms with van der Waals surface area (Å²) in [7, 11) is 0. The van der Waals surface area contributed by atoms with Crippen LogP contribution in [0.15, 0.2) is 66.9 Å². The highest BCUT2D eigenvalue weighted by Gasteiger charge is 2.37. The molecular formula is C24H35N3O2. The predicted molar refractivity (Wildman–Crippen MR) is 120 cm³/mol. The normalized spacial score (nSPS) is 18.8. The Labute approximate surface area is 175 Å². The Morgan fingerprint density at radius 3 is 2.55 bits per heavy atom. The summed E-state index contributed by atoms with van der Waals surface area (Å²) >= 11 is 0. The van der Waals surface area contributed by atoms with Crippen molar-refractivity contribution < 1.29 is 9.59 Å². The highest BCUT2D eigenvalue weighted by Crippen LogP contribution is 2.23. The highest BCUT2D eigenvalue weighted by molar-refractivity contribution is 5.89. The van der Waals surface area contributed by atoms with Gasteiger partial charge in [0, 0.05) is 18.8 Å². The minimum Gasteiger partial charge on any atom is -0.338 e. The van der Waals surface area contributed by atoms with E-state index >= 15 is 0 Å².